The van der Waals surface area contributed by atoms with Crippen LogP contribution < -0.4 is 0 Å². The van der Waals surface area contributed by atoms with Crippen molar-refractivity contribution in [3.05, 3.63) is 59.7 Å². The molecule has 2 aromatic rings. The Morgan fingerprint density at radius 1 is 1.05 bits per heavy atom. The number of aromatic hydroxyl groups is 1. The summed E-state index contributed by atoms with van der Waals surface area (Å²) < 4.78 is 50.1. The highest BCUT2D eigenvalue weighted by Crippen LogP contribution is 2.21. The number of carbonyl (C=O) groups is 1. The van der Waals surface area contributed by atoms with Crippen LogP contribution in [0.3, 0.4) is 0 Å². The molecule has 110 valence electrons. The molecule has 0 spiro atoms. The fourth-order valence-electron chi connectivity index (χ4n) is 1.73. The normalized spacial score (nSPS) is 11.3. The predicted molar refractivity (Wildman–Crippen MR) is 70.8 cm³/mol. The third-order valence-electron chi connectivity index (χ3n) is 2.74. The zero-order valence-corrected chi connectivity index (χ0v) is 11.4. The lowest BCUT2D eigenvalue weighted by atomic mass is 10.1. The molecule has 0 atom stereocenters. The van der Waals surface area contributed by atoms with Crippen LogP contribution >= 0.6 is 0 Å². The zero-order valence-electron chi connectivity index (χ0n) is 10.6. The zero-order chi connectivity index (χ0) is 15.6. The van der Waals surface area contributed by atoms with E-state index in [2.05, 4.69) is 0 Å². The largest absolute Gasteiger partial charge is 0.507 e. The van der Waals surface area contributed by atoms with Gasteiger partial charge in [0.25, 0.3) is 0 Å². The van der Waals surface area contributed by atoms with Crippen molar-refractivity contribution in [2.75, 3.05) is 5.75 Å². The number of hydrogen-bond acceptors (Lipinski definition) is 4. The molecule has 1 N–H and O–H groups in total. The van der Waals surface area contributed by atoms with Crippen LogP contribution in [0.5, 0.6) is 5.75 Å². The lowest BCUT2D eigenvalue weighted by Gasteiger charge is -2.06. The first-order chi connectivity index (χ1) is 9.79. The van der Waals surface area contributed by atoms with Crippen LogP contribution in [0.1, 0.15) is 10.4 Å². The monoisotopic (exact) mass is 312 g/mol. The van der Waals surface area contributed by atoms with E-state index in [9.17, 15) is 27.1 Å². The summed E-state index contributed by atoms with van der Waals surface area (Å²) in [7, 11) is -4.08. The van der Waals surface area contributed by atoms with Gasteiger partial charge in [-0.15, -0.1) is 0 Å². The van der Waals surface area contributed by atoms with Crippen LogP contribution in [0.4, 0.5) is 8.78 Å². The number of hydrogen-bond donors (Lipinski definition) is 1. The summed E-state index contributed by atoms with van der Waals surface area (Å²) in [5.74, 6) is -4.02. The van der Waals surface area contributed by atoms with Crippen LogP contribution in [0.2, 0.25) is 0 Å². The van der Waals surface area contributed by atoms with Gasteiger partial charge in [0.2, 0.25) is 0 Å². The molecule has 0 aliphatic carbocycles. The summed E-state index contributed by atoms with van der Waals surface area (Å²) in [6.45, 7) is 0. The molecule has 0 heterocycles. The number of phenolic OH excluding ortho intramolecular Hbond substituents is 1. The molecule has 0 fully saturated rings. The minimum atomic E-state index is -4.08. The van der Waals surface area contributed by atoms with Crippen molar-refractivity contribution >= 4 is 15.6 Å². The van der Waals surface area contributed by atoms with E-state index in [0.29, 0.717) is 0 Å². The Labute approximate surface area is 119 Å². The lowest BCUT2D eigenvalue weighted by molar-refractivity contribution is 0.101. The number of phenols is 1. The number of halogens is 2. The van der Waals surface area contributed by atoms with Crippen LogP contribution in [-0.2, 0) is 9.84 Å². The maximum Gasteiger partial charge on any atom is 0.185 e. The van der Waals surface area contributed by atoms with E-state index in [1.165, 1.54) is 6.07 Å². The van der Waals surface area contributed by atoms with Crippen molar-refractivity contribution in [2.45, 2.75) is 4.90 Å². The standard InChI is InChI=1S/C14H10F2O4S/c15-9-2-1-3-11(6-9)21(19,20)8-14(18)12-7-10(16)4-5-13(12)17/h1-7,17H,8H2. The van der Waals surface area contributed by atoms with E-state index < -0.39 is 44.3 Å². The number of benzene rings is 2. The molecule has 0 unspecified atom stereocenters. The molecule has 0 aliphatic rings. The van der Waals surface area contributed by atoms with Gasteiger partial charge in [0.05, 0.1) is 10.5 Å². The van der Waals surface area contributed by atoms with Gasteiger partial charge >= 0.3 is 0 Å². The molecular formula is C14H10F2O4S. The quantitative estimate of drug-likeness (QED) is 0.880. The van der Waals surface area contributed by atoms with Crippen LogP contribution in [0.15, 0.2) is 47.4 Å². The maximum atomic E-state index is 13.1. The first kappa shape index (κ1) is 15.1. The molecule has 0 saturated heterocycles. The van der Waals surface area contributed by atoms with Crippen molar-refractivity contribution in [3.63, 3.8) is 0 Å². The van der Waals surface area contributed by atoms with Gasteiger partial charge in [-0.1, -0.05) is 6.07 Å². The van der Waals surface area contributed by atoms with Crippen LogP contribution in [0, 0.1) is 11.6 Å². The number of carbonyl (C=O) groups excluding carboxylic acids is 1. The Kier molecular flexibility index (Phi) is 4.04. The number of ketones is 1. The van der Waals surface area contributed by atoms with Crippen molar-refractivity contribution in [1.29, 1.82) is 0 Å². The second-order valence-corrected chi connectivity index (χ2v) is 6.29. The number of Topliss-reactive ketones (excluding diaryl/α,β-unsaturated/α-hetero) is 1. The molecule has 7 heteroatoms. The smallest absolute Gasteiger partial charge is 0.185 e. The van der Waals surface area contributed by atoms with Gasteiger partial charge in [0, 0.05) is 0 Å². The highest BCUT2D eigenvalue weighted by atomic mass is 32.2. The maximum absolute atomic E-state index is 13.1. The van der Waals surface area contributed by atoms with Gasteiger partial charge in [0.1, 0.15) is 23.1 Å². The Balaban J connectivity index is 2.32. The second-order valence-electron chi connectivity index (χ2n) is 4.30. The van der Waals surface area contributed by atoms with Gasteiger partial charge in [-0.3, -0.25) is 4.79 Å². The molecule has 0 aromatic heterocycles. The molecule has 2 aromatic carbocycles. The van der Waals surface area contributed by atoms with Gasteiger partial charge in [-0.25, -0.2) is 17.2 Å². The highest BCUT2D eigenvalue weighted by molar-refractivity contribution is 7.92. The first-order valence-electron chi connectivity index (χ1n) is 5.79. The van der Waals surface area contributed by atoms with Gasteiger partial charge < -0.3 is 5.11 Å². The molecule has 0 bridgehead atoms. The molecule has 21 heavy (non-hydrogen) atoms. The molecule has 2 rings (SSSR count). The third-order valence-corrected chi connectivity index (χ3v) is 4.35. The topological polar surface area (TPSA) is 71.4 Å². The summed E-state index contributed by atoms with van der Waals surface area (Å²) in [6.07, 6.45) is 0. The molecular weight excluding hydrogens is 302 g/mol. The Morgan fingerprint density at radius 2 is 1.71 bits per heavy atom. The molecule has 0 aliphatic heterocycles. The van der Waals surface area contributed by atoms with E-state index in [-0.39, 0.29) is 4.90 Å². The minimum Gasteiger partial charge on any atom is -0.507 e. The molecule has 0 radical (unpaired) electrons. The highest BCUT2D eigenvalue weighted by Gasteiger charge is 2.23. The van der Waals surface area contributed by atoms with E-state index >= 15 is 0 Å². The average Bonchev–Trinajstić information content (AvgIpc) is 2.41. The van der Waals surface area contributed by atoms with E-state index in [1.807, 2.05) is 0 Å². The summed E-state index contributed by atoms with van der Waals surface area (Å²) in [5, 5.41) is 9.47. The SMILES string of the molecule is O=C(CS(=O)(=O)c1cccc(F)c1)c1cc(F)ccc1O. The average molecular weight is 312 g/mol. The van der Waals surface area contributed by atoms with Crippen molar-refractivity contribution in [3.8, 4) is 5.75 Å². The predicted octanol–water partition coefficient (Wildman–Crippen LogP) is 2.33. The van der Waals surface area contributed by atoms with E-state index in [1.54, 1.807) is 0 Å². The number of rotatable bonds is 4. The molecule has 4 nitrogen and oxygen atoms in total. The Bertz CT molecular complexity index is 800. The Hall–Kier alpha value is -2.28. The lowest BCUT2D eigenvalue weighted by Crippen LogP contribution is -2.17. The van der Waals surface area contributed by atoms with Gasteiger partial charge in [-0.05, 0) is 36.4 Å². The van der Waals surface area contributed by atoms with Crippen molar-refractivity contribution < 1.29 is 27.1 Å². The minimum absolute atomic E-state index is 0.355. The number of sulfone groups is 1. The molecule has 0 amide bonds. The van der Waals surface area contributed by atoms with Crippen molar-refractivity contribution in [2.24, 2.45) is 0 Å². The van der Waals surface area contributed by atoms with Gasteiger partial charge in [-0.2, -0.15) is 0 Å². The van der Waals surface area contributed by atoms with E-state index in [0.717, 1.165) is 36.4 Å². The summed E-state index contributed by atoms with van der Waals surface area (Å²) in [6, 6.07) is 6.85. The van der Waals surface area contributed by atoms with Crippen LogP contribution in [0.25, 0.3) is 0 Å². The van der Waals surface area contributed by atoms with E-state index in [4.69, 9.17) is 0 Å². The third kappa shape index (κ3) is 3.43. The van der Waals surface area contributed by atoms with Crippen LogP contribution in [-0.4, -0.2) is 25.1 Å². The summed E-state index contributed by atoms with van der Waals surface area (Å²) in [5.41, 5.74) is -0.435. The second kappa shape index (κ2) is 5.61. The fraction of sp³-hybridized carbons (Fsp3) is 0.0714. The summed E-state index contributed by atoms with van der Waals surface area (Å²) in [4.78, 5) is 11.5. The van der Waals surface area contributed by atoms with Crippen molar-refractivity contribution in [1.82, 2.24) is 0 Å². The Morgan fingerprint density at radius 3 is 2.38 bits per heavy atom. The first-order valence-corrected chi connectivity index (χ1v) is 7.45. The molecule has 0 saturated carbocycles. The summed E-state index contributed by atoms with van der Waals surface area (Å²) >= 11 is 0. The van der Waals surface area contributed by atoms with Gasteiger partial charge in [0.15, 0.2) is 15.6 Å². The fourth-order valence-corrected chi connectivity index (χ4v) is 2.97.